The van der Waals surface area contributed by atoms with Crippen molar-refractivity contribution in [2.45, 2.75) is 77.0 Å². The highest BCUT2D eigenvalue weighted by atomic mass is 16.6. The molecular weight excluding hydrogens is 280 g/mol. The molecule has 0 heterocycles. The van der Waals surface area contributed by atoms with E-state index in [0.29, 0.717) is 24.4 Å². The van der Waals surface area contributed by atoms with Crippen LogP contribution in [0.4, 0.5) is 4.79 Å². The molecule has 4 atom stereocenters. The van der Waals surface area contributed by atoms with Crippen LogP contribution in [0.25, 0.3) is 0 Å². The molecule has 22 heavy (non-hydrogen) atoms. The minimum absolute atomic E-state index is 0.132. The highest BCUT2D eigenvalue weighted by molar-refractivity contribution is 5.67. The summed E-state index contributed by atoms with van der Waals surface area (Å²) < 4.78 is 5.28. The van der Waals surface area contributed by atoms with E-state index in [1.807, 2.05) is 20.8 Å². The number of hydrogen-bond donors (Lipinski definition) is 3. The number of carbonyl (C=O) groups is 1. The van der Waals surface area contributed by atoms with Gasteiger partial charge in [-0.25, -0.2) is 4.79 Å². The summed E-state index contributed by atoms with van der Waals surface area (Å²) in [6.07, 6.45) is 6.25. The van der Waals surface area contributed by atoms with Crippen LogP contribution in [0.5, 0.6) is 0 Å². The van der Waals surface area contributed by atoms with Gasteiger partial charge < -0.3 is 20.5 Å². The molecule has 0 saturated heterocycles. The number of hydrogen-bond acceptors (Lipinski definition) is 4. The molecule has 0 aromatic rings. The van der Waals surface area contributed by atoms with Crippen molar-refractivity contribution < 1.29 is 14.6 Å². The summed E-state index contributed by atoms with van der Waals surface area (Å²) in [5.41, 5.74) is -0.448. The van der Waals surface area contributed by atoms with E-state index < -0.39 is 5.60 Å². The molecule has 1 amide bonds. The Kier molecular flexibility index (Phi) is 6.09. The molecule has 5 heteroatoms. The Bertz CT molecular complexity index is 367. The number of aliphatic hydroxyl groups is 1. The number of nitrogens with one attached hydrogen (secondary N) is 2. The molecule has 2 saturated carbocycles. The van der Waals surface area contributed by atoms with E-state index in [1.165, 1.54) is 6.42 Å². The first-order chi connectivity index (χ1) is 10.3. The van der Waals surface area contributed by atoms with Gasteiger partial charge in [-0.1, -0.05) is 12.8 Å². The first-order valence-corrected chi connectivity index (χ1v) is 8.73. The normalized spacial score (nSPS) is 32.2. The molecular formula is C17H32N2O3. The van der Waals surface area contributed by atoms with Crippen molar-refractivity contribution in [3.8, 4) is 0 Å². The van der Waals surface area contributed by atoms with Crippen LogP contribution in [0.3, 0.4) is 0 Å². The first kappa shape index (κ1) is 17.5. The van der Waals surface area contributed by atoms with Crippen LogP contribution < -0.4 is 10.6 Å². The Morgan fingerprint density at radius 1 is 1.09 bits per heavy atom. The second-order valence-electron chi connectivity index (χ2n) is 7.85. The van der Waals surface area contributed by atoms with Crippen molar-refractivity contribution in [3.05, 3.63) is 0 Å². The zero-order valence-electron chi connectivity index (χ0n) is 14.2. The molecule has 2 aliphatic rings. The summed E-state index contributed by atoms with van der Waals surface area (Å²) in [4.78, 5) is 11.7. The average molecular weight is 312 g/mol. The fraction of sp³-hybridized carbons (Fsp3) is 0.941. The van der Waals surface area contributed by atoms with Crippen LogP contribution in [-0.2, 0) is 4.74 Å². The van der Waals surface area contributed by atoms with Gasteiger partial charge in [0.15, 0.2) is 0 Å². The maximum Gasteiger partial charge on any atom is 0.407 e. The summed E-state index contributed by atoms with van der Waals surface area (Å²) in [5.74, 6) is 0.867. The fourth-order valence-electron chi connectivity index (χ4n) is 3.64. The van der Waals surface area contributed by atoms with Crippen LogP contribution in [0.2, 0.25) is 0 Å². The van der Waals surface area contributed by atoms with Gasteiger partial charge in [-0.3, -0.25) is 0 Å². The van der Waals surface area contributed by atoms with Crippen molar-refractivity contribution in [1.29, 1.82) is 0 Å². The van der Waals surface area contributed by atoms with E-state index in [4.69, 9.17) is 4.74 Å². The quantitative estimate of drug-likeness (QED) is 0.729. The minimum Gasteiger partial charge on any atom is -0.444 e. The van der Waals surface area contributed by atoms with Crippen molar-refractivity contribution >= 4 is 6.09 Å². The third-order valence-corrected chi connectivity index (χ3v) is 4.83. The third kappa shape index (κ3) is 5.43. The molecule has 128 valence electrons. The number of aliphatic hydroxyl groups excluding tert-OH is 1. The largest absolute Gasteiger partial charge is 0.444 e. The minimum atomic E-state index is -0.448. The lowest BCUT2D eigenvalue weighted by Crippen LogP contribution is -2.43. The summed E-state index contributed by atoms with van der Waals surface area (Å²) in [6.45, 7) is 7.19. The highest BCUT2D eigenvalue weighted by Gasteiger charge is 2.30. The Morgan fingerprint density at radius 2 is 1.77 bits per heavy atom. The van der Waals surface area contributed by atoms with Gasteiger partial charge in [-0.05, 0) is 58.3 Å². The predicted molar refractivity (Wildman–Crippen MR) is 86.7 cm³/mol. The van der Waals surface area contributed by atoms with Gasteiger partial charge in [0.25, 0.3) is 0 Å². The topological polar surface area (TPSA) is 70.6 Å². The van der Waals surface area contributed by atoms with Gasteiger partial charge in [-0.2, -0.15) is 0 Å². The maximum atomic E-state index is 11.7. The number of carbonyl (C=O) groups excluding carboxylic acids is 1. The van der Waals surface area contributed by atoms with Gasteiger partial charge in [0, 0.05) is 19.1 Å². The number of amides is 1. The van der Waals surface area contributed by atoms with Crippen LogP contribution in [0.15, 0.2) is 0 Å². The number of ether oxygens (including phenoxy) is 1. The molecule has 0 aromatic heterocycles. The maximum absolute atomic E-state index is 11.7. The van der Waals surface area contributed by atoms with E-state index in [9.17, 15) is 9.90 Å². The smallest absolute Gasteiger partial charge is 0.407 e. The van der Waals surface area contributed by atoms with Gasteiger partial charge >= 0.3 is 6.09 Å². The Morgan fingerprint density at radius 3 is 2.41 bits per heavy atom. The molecule has 2 fully saturated rings. The molecule has 3 N–H and O–H groups in total. The van der Waals surface area contributed by atoms with E-state index in [-0.39, 0.29) is 12.2 Å². The van der Waals surface area contributed by atoms with Crippen molar-refractivity contribution in [1.82, 2.24) is 10.6 Å². The van der Waals surface area contributed by atoms with E-state index in [2.05, 4.69) is 10.6 Å². The highest BCUT2D eigenvalue weighted by Crippen LogP contribution is 2.28. The van der Waals surface area contributed by atoms with E-state index in [0.717, 1.165) is 38.6 Å². The molecule has 0 radical (unpaired) electrons. The SMILES string of the molecule is CC(C)(C)OC(=O)NCC1CCCC1NCC1CCCC1O. The molecule has 0 aliphatic heterocycles. The Labute approximate surface area is 134 Å². The van der Waals surface area contributed by atoms with Gasteiger partial charge in [0.1, 0.15) is 5.60 Å². The number of rotatable bonds is 5. The summed E-state index contributed by atoms with van der Waals surface area (Å²) in [7, 11) is 0. The van der Waals surface area contributed by atoms with E-state index >= 15 is 0 Å². The average Bonchev–Trinajstić information content (AvgIpc) is 3.00. The second-order valence-corrected chi connectivity index (χ2v) is 7.85. The fourth-order valence-corrected chi connectivity index (χ4v) is 3.64. The molecule has 0 aromatic carbocycles. The predicted octanol–water partition coefficient (Wildman–Crippen LogP) is 2.43. The summed E-state index contributed by atoms with van der Waals surface area (Å²) >= 11 is 0. The molecule has 5 nitrogen and oxygen atoms in total. The molecule has 0 spiro atoms. The molecule has 0 bridgehead atoms. The Hall–Kier alpha value is -0.810. The van der Waals surface area contributed by atoms with Gasteiger partial charge in [-0.15, -0.1) is 0 Å². The number of alkyl carbamates (subject to hydrolysis) is 1. The van der Waals surface area contributed by atoms with Crippen LogP contribution in [-0.4, -0.2) is 42.0 Å². The molecule has 4 unspecified atom stereocenters. The Balaban J connectivity index is 1.70. The first-order valence-electron chi connectivity index (χ1n) is 8.73. The molecule has 2 aliphatic carbocycles. The van der Waals surface area contributed by atoms with Gasteiger partial charge in [0.2, 0.25) is 0 Å². The summed E-state index contributed by atoms with van der Waals surface area (Å²) in [6, 6.07) is 0.447. The zero-order valence-corrected chi connectivity index (χ0v) is 14.2. The third-order valence-electron chi connectivity index (χ3n) is 4.83. The lowest BCUT2D eigenvalue weighted by molar-refractivity contribution is 0.0517. The molecule has 2 rings (SSSR count). The van der Waals surface area contributed by atoms with Crippen molar-refractivity contribution in [3.63, 3.8) is 0 Å². The van der Waals surface area contributed by atoms with E-state index in [1.54, 1.807) is 0 Å². The zero-order chi connectivity index (χ0) is 16.2. The lowest BCUT2D eigenvalue weighted by atomic mass is 10.0. The lowest BCUT2D eigenvalue weighted by Gasteiger charge is -2.25. The van der Waals surface area contributed by atoms with Crippen molar-refractivity contribution in [2.75, 3.05) is 13.1 Å². The standard InChI is InChI=1S/C17H32N2O3/c1-17(2,3)22-16(21)19-10-12-6-4-8-14(12)18-11-13-7-5-9-15(13)20/h12-15,18,20H,4-11H2,1-3H3,(H,19,21). The van der Waals surface area contributed by atoms with Crippen LogP contribution in [0, 0.1) is 11.8 Å². The summed E-state index contributed by atoms with van der Waals surface area (Å²) in [5, 5.41) is 16.4. The van der Waals surface area contributed by atoms with Crippen LogP contribution in [0.1, 0.15) is 59.3 Å². The second kappa shape index (κ2) is 7.64. The monoisotopic (exact) mass is 312 g/mol. The van der Waals surface area contributed by atoms with Crippen LogP contribution >= 0.6 is 0 Å². The van der Waals surface area contributed by atoms with Crippen molar-refractivity contribution in [2.24, 2.45) is 11.8 Å². The van der Waals surface area contributed by atoms with Gasteiger partial charge in [0.05, 0.1) is 6.10 Å².